The number of benzene rings is 1. The highest BCUT2D eigenvalue weighted by atomic mass is 35.5. The molecule has 180 valence electrons. The van der Waals surface area contributed by atoms with E-state index in [0.29, 0.717) is 41.7 Å². The fourth-order valence-corrected chi connectivity index (χ4v) is 5.34. The summed E-state index contributed by atoms with van der Waals surface area (Å²) in [6.45, 7) is 8.07. The van der Waals surface area contributed by atoms with Gasteiger partial charge in [0.25, 0.3) is 0 Å². The van der Waals surface area contributed by atoms with Crippen molar-refractivity contribution in [2.45, 2.75) is 64.3 Å². The minimum Gasteiger partial charge on any atom is -0.444 e. The van der Waals surface area contributed by atoms with E-state index in [9.17, 15) is 18.0 Å². The number of alkyl halides is 3. The summed E-state index contributed by atoms with van der Waals surface area (Å²) in [7, 11) is 0. The molecule has 2 aromatic rings. The molecule has 2 atom stereocenters. The quantitative estimate of drug-likeness (QED) is 0.481. The van der Waals surface area contributed by atoms with E-state index in [1.807, 2.05) is 12.1 Å². The molecule has 1 saturated carbocycles. The van der Waals surface area contributed by atoms with Crippen molar-refractivity contribution in [2.75, 3.05) is 13.1 Å². The van der Waals surface area contributed by atoms with E-state index in [0.717, 1.165) is 11.6 Å². The van der Waals surface area contributed by atoms with Gasteiger partial charge in [0, 0.05) is 36.2 Å². The number of carbonyl (C=O) groups excluding carboxylic acids is 1. The smallest absolute Gasteiger partial charge is 0.435 e. The number of aromatic nitrogens is 2. The molecule has 2 aliphatic rings. The van der Waals surface area contributed by atoms with E-state index in [2.05, 4.69) is 5.10 Å². The van der Waals surface area contributed by atoms with Crippen LogP contribution in [0, 0.1) is 12.3 Å². The van der Waals surface area contributed by atoms with Crippen molar-refractivity contribution in [3.05, 3.63) is 51.3 Å². The molecule has 2 fully saturated rings. The third-order valence-electron chi connectivity index (χ3n) is 6.68. The SMILES string of the molecule is Cc1cc(C(F)(F)F)nn1CC12CN(C(=O)OC(C)(C)C)CCC1(c1ccc(Cl)c(Cl)c1)C2. The molecule has 1 aliphatic carbocycles. The number of amides is 1. The maximum absolute atomic E-state index is 13.2. The molecule has 1 aromatic heterocycles. The lowest BCUT2D eigenvalue weighted by Crippen LogP contribution is -2.48. The first-order valence-electron chi connectivity index (χ1n) is 10.7. The van der Waals surface area contributed by atoms with E-state index >= 15 is 0 Å². The number of halogens is 5. The first-order chi connectivity index (χ1) is 15.2. The molecule has 5 nitrogen and oxygen atoms in total. The summed E-state index contributed by atoms with van der Waals surface area (Å²) in [5.41, 5.74) is -1.01. The van der Waals surface area contributed by atoms with Gasteiger partial charge >= 0.3 is 12.3 Å². The molecular weight excluding hydrogens is 478 g/mol. The van der Waals surface area contributed by atoms with E-state index < -0.39 is 29.0 Å². The summed E-state index contributed by atoms with van der Waals surface area (Å²) < 4.78 is 46.7. The zero-order valence-corrected chi connectivity index (χ0v) is 20.4. The van der Waals surface area contributed by atoms with Crippen LogP contribution in [0.4, 0.5) is 18.0 Å². The van der Waals surface area contributed by atoms with Crippen LogP contribution in [0.3, 0.4) is 0 Å². The van der Waals surface area contributed by atoms with Crippen LogP contribution in [-0.2, 0) is 22.9 Å². The average molecular weight is 504 g/mol. The Morgan fingerprint density at radius 3 is 2.45 bits per heavy atom. The van der Waals surface area contributed by atoms with Crippen molar-refractivity contribution in [3.63, 3.8) is 0 Å². The summed E-state index contributed by atoms with van der Waals surface area (Å²) in [6.07, 6.45) is -3.62. The molecule has 2 heterocycles. The maximum Gasteiger partial charge on any atom is 0.435 e. The van der Waals surface area contributed by atoms with Crippen LogP contribution in [0.1, 0.15) is 50.6 Å². The minimum atomic E-state index is -4.52. The van der Waals surface area contributed by atoms with Gasteiger partial charge in [-0.15, -0.1) is 0 Å². The van der Waals surface area contributed by atoms with Gasteiger partial charge in [-0.3, -0.25) is 4.68 Å². The first-order valence-corrected chi connectivity index (χ1v) is 11.5. The number of piperidine rings is 1. The Morgan fingerprint density at radius 2 is 1.88 bits per heavy atom. The van der Waals surface area contributed by atoms with Gasteiger partial charge in [0.05, 0.1) is 10.0 Å². The Kier molecular flexibility index (Phi) is 5.72. The molecular formula is C23H26Cl2F3N3O2. The monoisotopic (exact) mass is 503 g/mol. The third kappa shape index (κ3) is 4.44. The number of hydrogen-bond acceptors (Lipinski definition) is 3. The second-order valence-corrected chi connectivity index (χ2v) is 11.0. The molecule has 0 spiro atoms. The van der Waals surface area contributed by atoms with Gasteiger partial charge in [-0.25, -0.2) is 4.79 Å². The summed E-state index contributed by atoms with van der Waals surface area (Å²) >= 11 is 12.4. The summed E-state index contributed by atoms with van der Waals surface area (Å²) in [5, 5.41) is 4.70. The highest BCUT2D eigenvalue weighted by molar-refractivity contribution is 6.42. The highest BCUT2D eigenvalue weighted by Gasteiger charge is 2.70. The molecule has 0 radical (unpaired) electrons. The lowest BCUT2D eigenvalue weighted by atomic mass is 9.80. The van der Waals surface area contributed by atoms with Crippen molar-refractivity contribution in [3.8, 4) is 0 Å². The second-order valence-electron chi connectivity index (χ2n) is 10.1. The van der Waals surface area contributed by atoms with E-state index in [4.69, 9.17) is 27.9 Å². The molecule has 1 aliphatic heterocycles. The first kappa shape index (κ1) is 24.2. The lowest BCUT2D eigenvalue weighted by molar-refractivity contribution is -0.141. The van der Waals surface area contributed by atoms with Crippen LogP contribution in [0.15, 0.2) is 24.3 Å². The van der Waals surface area contributed by atoms with Crippen LogP contribution in [-0.4, -0.2) is 39.5 Å². The number of fused-ring (bicyclic) bond motifs is 1. The Hall–Kier alpha value is -1.93. The minimum absolute atomic E-state index is 0.245. The Labute approximate surface area is 200 Å². The third-order valence-corrected chi connectivity index (χ3v) is 7.42. The highest BCUT2D eigenvalue weighted by Crippen LogP contribution is 2.70. The molecule has 1 amide bonds. The average Bonchev–Trinajstić information content (AvgIpc) is 3.21. The van der Waals surface area contributed by atoms with Gasteiger partial charge < -0.3 is 9.64 Å². The van der Waals surface area contributed by atoms with Gasteiger partial charge in [0.15, 0.2) is 5.69 Å². The van der Waals surface area contributed by atoms with Crippen molar-refractivity contribution >= 4 is 29.3 Å². The van der Waals surface area contributed by atoms with Crippen LogP contribution in [0.5, 0.6) is 0 Å². The summed E-state index contributed by atoms with van der Waals surface area (Å²) in [4.78, 5) is 14.5. The largest absolute Gasteiger partial charge is 0.444 e. The predicted molar refractivity (Wildman–Crippen MR) is 120 cm³/mol. The summed E-state index contributed by atoms with van der Waals surface area (Å²) in [6, 6.07) is 6.52. The number of nitrogens with zero attached hydrogens (tertiary/aromatic N) is 3. The van der Waals surface area contributed by atoms with Crippen LogP contribution in [0.2, 0.25) is 10.0 Å². The van der Waals surface area contributed by atoms with Crippen molar-refractivity contribution in [1.29, 1.82) is 0 Å². The Morgan fingerprint density at radius 1 is 1.18 bits per heavy atom. The molecule has 0 N–H and O–H groups in total. The maximum atomic E-state index is 13.2. The van der Waals surface area contributed by atoms with Crippen molar-refractivity contribution in [1.82, 2.24) is 14.7 Å². The summed E-state index contributed by atoms with van der Waals surface area (Å²) in [5.74, 6) is 0. The van der Waals surface area contributed by atoms with Gasteiger partial charge in [-0.1, -0.05) is 29.3 Å². The molecule has 0 bridgehead atoms. The van der Waals surface area contributed by atoms with Crippen molar-refractivity contribution < 1.29 is 22.7 Å². The normalized spacial score (nSPS) is 25.1. The second kappa shape index (κ2) is 7.80. The molecule has 1 saturated heterocycles. The zero-order valence-electron chi connectivity index (χ0n) is 18.9. The number of ether oxygens (including phenoxy) is 1. The molecule has 33 heavy (non-hydrogen) atoms. The van der Waals surface area contributed by atoms with Gasteiger partial charge in [-0.2, -0.15) is 18.3 Å². The fraction of sp³-hybridized carbons (Fsp3) is 0.565. The van der Waals surface area contributed by atoms with Gasteiger partial charge in [0.2, 0.25) is 0 Å². The Bertz CT molecular complexity index is 1100. The van der Waals surface area contributed by atoms with E-state index in [-0.39, 0.29) is 12.0 Å². The predicted octanol–water partition coefficient (Wildman–Crippen LogP) is 6.49. The number of aryl methyl sites for hydroxylation is 1. The van der Waals surface area contributed by atoms with E-state index in [1.165, 1.54) is 4.68 Å². The molecule has 1 aromatic carbocycles. The molecule has 4 rings (SSSR count). The van der Waals surface area contributed by atoms with Crippen LogP contribution < -0.4 is 0 Å². The standard InChI is InChI=1S/C23H26Cl2F3N3O2/c1-14-9-18(23(26,27)28)29-31(14)13-21-11-22(21,15-5-6-16(24)17(25)10-15)7-8-30(12-21)19(32)33-20(2,3)4/h5-6,9-10H,7-8,11-13H2,1-4H3. The van der Waals surface area contributed by atoms with Crippen LogP contribution in [0.25, 0.3) is 0 Å². The number of hydrogen-bond donors (Lipinski definition) is 0. The van der Waals surface area contributed by atoms with Gasteiger partial charge in [-0.05, 0) is 64.3 Å². The number of carbonyl (C=O) groups is 1. The number of rotatable bonds is 3. The molecule has 2 unspecified atom stereocenters. The fourth-order valence-electron chi connectivity index (χ4n) is 5.05. The lowest BCUT2D eigenvalue weighted by Gasteiger charge is -2.39. The Balaban J connectivity index is 1.69. The molecule has 10 heteroatoms. The van der Waals surface area contributed by atoms with Gasteiger partial charge in [0.1, 0.15) is 5.60 Å². The van der Waals surface area contributed by atoms with E-state index in [1.54, 1.807) is 38.7 Å². The topological polar surface area (TPSA) is 47.4 Å². The number of likely N-dealkylation sites (tertiary alicyclic amines) is 1. The van der Waals surface area contributed by atoms with Crippen LogP contribution >= 0.6 is 23.2 Å². The zero-order chi connectivity index (χ0) is 24.4. The van der Waals surface area contributed by atoms with Crippen molar-refractivity contribution in [2.24, 2.45) is 5.41 Å².